The Morgan fingerprint density at radius 2 is 1.96 bits per heavy atom. The summed E-state index contributed by atoms with van der Waals surface area (Å²) >= 11 is 6.53. The topological polar surface area (TPSA) is 110 Å². The molecule has 1 N–H and O–H groups in total. The van der Waals surface area contributed by atoms with E-state index in [-0.39, 0.29) is 29.4 Å². The molecule has 2 aromatic rings. The van der Waals surface area contributed by atoms with Crippen LogP contribution in [0.4, 0.5) is 5.69 Å². The number of halogens is 1. The lowest BCUT2D eigenvalue weighted by Crippen LogP contribution is -2.62. The number of nitrogens with one attached hydrogen (secondary N) is 1. The maximum Gasteiger partial charge on any atom is 0.264 e. The van der Waals surface area contributed by atoms with Gasteiger partial charge in [0.15, 0.2) is 0 Å². The minimum absolute atomic E-state index is 0.0345. The minimum atomic E-state index is -4.11. The number of anilines is 1. The third-order valence-electron chi connectivity index (χ3n) is 13.7. The molecule has 0 aromatic heterocycles. The van der Waals surface area contributed by atoms with Crippen molar-refractivity contribution >= 4 is 33.2 Å². The van der Waals surface area contributed by atoms with Gasteiger partial charge in [0.2, 0.25) is 10.0 Å². The third kappa shape index (κ3) is 7.88. The molecule has 306 valence electrons. The number of ether oxygens (including phenoxy) is 4. The molecule has 0 unspecified atom stereocenters. The van der Waals surface area contributed by atoms with E-state index in [1.807, 2.05) is 25.1 Å². The Labute approximate surface area is 338 Å². The Kier molecular flexibility index (Phi) is 11.8. The highest BCUT2D eigenvalue weighted by atomic mass is 35.5. The van der Waals surface area contributed by atoms with E-state index in [0.717, 1.165) is 95.3 Å². The van der Waals surface area contributed by atoms with E-state index in [9.17, 15) is 13.2 Å². The summed E-state index contributed by atoms with van der Waals surface area (Å²) in [5, 5.41) is -0.196. The monoisotopic (exact) mass is 810 g/mol. The number of allylic oxidation sites excluding steroid dienone is 1. The van der Waals surface area contributed by atoms with Crippen LogP contribution in [0.1, 0.15) is 67.4 Å². The summed E-state index contributed by atoms with van der Waals surface area (Å²) < 4.78 is 55.5. The van der Waals surface area contributed by atoms with Crippen molar-refractivity contribution < 1.29 is 32.2 Å². The van der Waals surface area contributed by atoms with Crippen molar-refractivity contribution in [2.45, 2.75) is 74.7 Å². The molecule has 7 atom stereocenters. The molecule has 1 saturated carbocycles. The zero-order valence-corrected chi connectivity index (χ0v) is 34.8. The normalized spacial score (nSPS) is 34.2. The van der Waals surface area contributed by atoms with E-state index < -0.39 is 26.8 Å². The van der Waals surface area contributed by atoms with Crippen LogP contribution in [0.15, 0.2) is 48.6 Å². The van der Waals surface area contributed by atoms with Gasteiger partial charge < -0.3 is 23.8 Å². The first-order valence-corrected chi connectivity index (χ1v) is 22.7. The predicted octanol–water partition coefficient (Wildman–Crippen LogP) is 5.30. The van der Waals surface area contributed by atoms with Crippen LogP contribution >= 0.6 is 11.6 Å². The molecule has 56 heavy (non-hydrogen) atoms. The van der Waals surface area contributed by atoms with Gasteiger partial charge in [0.05, 0.1) is 32.1 Å². The van der Waals surface area contributed by atoms with E-state index in [2.05, 4.69) is 50.6 Å². The highest BCUT2D eigenvalue weighted by Crippen LogP contribution is 2.49. The van der Waals surface area contributed by atoms with Gasteiger partial charge in [0.25, 0.3) is 5.91 Å². The van der Waals surface area contributed by atoms with Gasteiger partial charge in [-0.25, -0.2) is 13.1 Å². The number of piperazine rings is 1. The number of carbonyl (C=O) groups excluding carboxylic acids is 1. The molecule has 13 heteroatoms. The molecule has 11 nitrogen and oxygen atoms in total. The summed E-state index contributed by atoms with van der Waals surface area (Å²) in [7, 11) is -2.61. The van der Waals surface area contributed by atoms with Crippen LogP contribution in [0.3, 0.4) is 0 Å². The number of methoxy groups -OCH3 is 1. The fraction of sp³-hybridized carbons (Fsp3) is 0.651. The first-order chi connectivity index (χ1) is 27.0. The molecule has 4 aliphatic heterocycles. The standard InChI is InChI=1S/C43H59ClN4O7S/c1-4-55-43(28-46-17-18-47-19-20-53-25-35(47)24-46)16-5-7-30(2)40(26-52-3)56(50,51)45-41(49)32-10-14-39-38(22-32)48(23-33-9-12-37(33)43)27-42(29-54-39)15-6-8-31-21-34(44)11-13-36(31)42/h5,10-11,13-14,16,21-22,30,33,35,37,40H,4,6-9,12,15,17-20,23-29H2,1-3H3,(H,45,49)/b16-5+/t30-,33-,35-,37+,40+,42-,43-/m0/s1. The molecular weight excluding hydrogens is 752 g/mol. The maximum atomic E-state index is 14.0. The molecule has 2 saturated heterocycles. The van der Waals surface area contributed by atoms with E-state index in [4.69, 9.17) is 30.5 Å². The van der Waals surface area contributed by atoms with Crippen molar-refractivity contribution in [2.75, 3.05) is 90.9 Å². The van der Waals surface area contributed by atoms with Gasteiger partial charge in [0.1, 0.15) is 16.6 Å². The number of morpholine rings is 1. The van der Waals surface area contributed by atoms with Crippen LogP contribution in [0, 0.1) is 17.8 Å². The number of amides is 1. The second-order valence-electron chi connectivity index (χ2n) is 17.2. The van der Waals surface area contributed by atoms with Gasteiger partial charge in [-0.3, -0.25) is 14.6 Å². The number of rotatable bonds is 6. The van der Waals surface area contributed by atoms with Gasteiger partial charge in [-0.05, 0) is 105 Å². The van der Waals surface area contributed by atoms with Crippen molar-refractivity contribution in [3.05, 3.63) is 70.3 Å². The Hall–Kier alpha value is -2.71. The lowest BCUT2D eigenvalue weighted by Gasteiger charge is -2.53. The Morgan fingerprint density at radius 1 is 1.09 bits per heavy atom. The zero-order chi connectivity index (χ0) is 39.1. The van der Waals surface area contributed by atoms with E-state index in [0.29, 0.717) is 43.9 Å². The van der Waals surface area contributed by atoms with E-state index in [1.54, 1.807) is 6.07 Å². The van der Waals surface area contributed by atoms with Crippen molar-refractivity contribution in [1.82, 2.24) is 14.5 Å². The third-order valence-corrected chi connectivity index (χ3v) is 15.8. The van der Waals surface area contributed by atoms with Crippen LogP contribution in [0.2, 0.25) is 5.02 Å². The second kappa shape index (κ2) is 16.5. The number of hydrogen-bond acceptors (Lipinski definition) is 10. The molecule has 0 radical (unpaired) electrons. The summed E-state index contributed by atoms with van der Waals surface area (Å²) in [6.07, 6.45) is 9.97. The zero-order valence-electron chi connectivity index (χ0n) is 33.2. The molecule has 3 fully saturated rings. The molecular formula is C43H59ClN4O7S. The van der Waals surface area contributed by atoms with Crippen LogP contribution in [0.5, 0.6) is 5.75 Å². The number of carbonyl (C=O) groups is 1. The van der Waals surface area contributed by atoms with E-state index >= 15 is 0 Å². The number of fused-ring (bicyclic) bond motifs is 5. The summed E-state index contributed by atoms with van der Waals surface area (Å²) in [5.74, 6) is 0.262. The second-order valence-corrected chi connectivity index (χ2v) is 19.5. The summed E-state index contributed by atoms with van der Waals surface area (Å²) in [6, 6.07) is 12.0. The molecule has 6 aliphatic rings. The Morgan fingerprint density at radius 3 is 2.77 bits per heavy atom. The Balaban J connectivity index is 1.21. The van der Waals surface area contributed by atoms with Crippen molar-refractivity contribution in [2.24, 2.45) is 17.8 Å². The largest absolute Gasteiger partial charge is 0.490 e. The highest BCUT2D eigenvalue weighted by Gasteiger charge is 2.50. The van der Waals surface area contributed by atoms with E-state index in [1.165, 1.54) is 18.2 Å². The van der Waals surface area contributed by atoms with Gasteiger partial charge in [0, 0.05) is 81.6 Å². The first-order valence-electron chi connectivity index (χ1n) is 20.7. The molecule has 1 amide bonds. The lowest BCUT2D eigenvalue weighted by atomic mass is 9.63. The number of sulfonamides is 1. The molecule has 8 rings (SSSR count). The fourth-order valence-corrected chi connectivity index (χ4v) is 12.4. The van der Waals surface area contributed by atoms with Gasteiger partial charge >= 0.3 is 0 Å². The molecule has 4 heterocycles. The highest BCUT2D eigenvalue weighted by molar-refractivity contribution is 7.90. The lowest BCUT2D eigenvalue weighted by molar-refractivity contribution is -0.121. The predicted molar refractivity (Wildman–Crippen MR) is 218 cm³/mol. The Bertz CT molecular complexity index is 1900. The smallest absolute Gasteiger partial charge is 0.264 e. The average Bonchev–Trinajstić information content (AvgIpc) is 3.31. The van der Waals surface area contributed by atoms with Gasteiger partial charge in [-0.15, -0.1) is 0 Å². The minimum Gasteiger partial charge on any atom is -0.490 e. The van der Waals surface area contributed by atoms with Gasteiger partial charge in [-0.1, -0.05) is 36.7 Å². The molecule has 2 aliphatic carbocycles. The van der Waals surface area contributed by atoms with Gasteiger partial charge in [-0.2, -0.15) is 0 Å². The van der Waals surface area contributed by atoms with Crippen LogP contribution in [0.25, 0.3) is 0 Å². The number of benzene rings is 2. The summed E-state index contributed by atoms with van der Waals surface area (Å²) in [4.78, 5) is 21.4. The first kappa shape index (κ1) is 40.1. The number of nitrogens with zero attached hydrogens (tertiary/aromatic N) is 3. The number of hydrogen-bond donors (Lipinski definition) is 1. The fourth-order valence-electron chi connectivity index (χ4n) is 10.7. The maximum absolute atomic E-state index is 14.0. The molecule has 2 bridgehead atoms. The average molecular weight is 811 g/mol. The van der Waals surface area contributed by atoms with Crippen LogP contribution in [-0.2, 0) is 36.1 Å². The van der Waals surface area contributed by atoms with Crippen molar-refractivity contribution in [3.63, 3.8) is 0 Å². The quantitative estimate of drug-likeness (QED) is 0.387. The van der Waals surface area contributed by atoms with Crippen molar-refractivity contribution in [1.29, 1.82) is 0 Å². The molecule has 1 spiro atoms. The van der Waals surface area contributed by atoms with Crippen LogP contribution in [-0.4, -0.2) is 127 Å². The summed E-state index contributed by atoms with van der Waals surface area (Å²) in [5.41, 5.74) is 2.78. The number of aryl methyl sites for hydroxylation is 1. The molecule has 2 aromatic carbocycles. The van der Waals surface area contributed by atoms with Crippen LogP contribution < -0.4 is 14.4 Å². The summed E-state index contributed by atoms with van der Waals surface area (Å²) in [6.45, 7) is 12.7. The van der Waals surface area contributed by atoms with Crippen molar-refractivity contribution in [3.8, 4) is 5.75 Å². The SMILES string of the molecule is CCO[C@]1(CN2CCN3CCOC[C@@H]3C2)/C=C/C[C@H](C)[C@@H](COC)S(=O)(=O)NC(=O)c2ccc3c(c2)N(C[C@@H]2CC[C@H]21)C[C@@]1(CCCc2cc(Cl)ccc21)CO3.